The average Bonchev–Trinajstić information content (AvgIpc) is 2.53. The monoisotopic (exact) mass is 340 g/mol. The molecule has 0 saturated heterocycles. The summed E-state index contributed by atoms with van der Waals surface area (Å²) >= 11 is 0. The predicted molar refractivity (Wildman–Crippen MR) is 82.9 cm³/mol. The summed E-state index contributed by atoms with van der Waals surface area (Å²) < 4.78 is 51.0. The van der Waals surface area contributed by atoms with Gasteiger partial charge in [-0.05, 0) is 42.3 Å². The second kappa shape index (κ2) is 7.33. The molecule has 0 fully saturated rings. The first-order chi connectivity index (χ1) is 11.3. The molecule has 0 atom stereocenters. The molecule has 0 unspecified atom stereocenters. The molecule has 0 bridgehead atoms. The first-order valence-corrected chi connectivity index (χ1v) is 7.18. The molecular weight excluding hydrogens is 324 g/mol. The molecule has 2 N–H and O–H groups in total. The molecule has 0 aliphatic carbocycles. The number of benzene rings is 2. The lowest BCUT2D eigenvalue weighted by molar-refractivity contribution is -0.137. The number of aryl methyl sites for hydroxylation is 1. The quantitative estimate of drug-likeness (QED) is 0.811. The fourth-order valence-electron chi connectivity index (χ4n) is 2.07. The second-order valence-electron chi connectivity index (χ2n) is 5.29. The average molecular weight is 340 g/mol. The standard InChI is InChI=1S/C17H16F4N2O/c1-11-7-12(5-6-15(11)18)9-23-16(24)10-22-14-4-2-3-13(8-14)17(19,20)21/h2-8,22H,9-10H2,1H3,(H,23,24). The van der Waals surface area contributed by atoms with Gasteiger partial charge in [-0.15, -0.1) is 0 Å². The van der Waals surface area contributed by atoms with Crippen molar-refractivity contribution in [3.05, 3.63) is 65.0 Å². The van der Waals surface area contributed by atoms with Crippen molar-refractivity contribution in [2.45, 2.75) is 19.6 Å². The fraction of sp³-hybridized carbons (Fsp3) is 0.235. The van der Waals surface area contributed by atoms with Gasteiger partial charge in [0.05, 0.1) is 12.1 Å². The molecule has 3 nitrogen and oxygen atoms in total. The Kier molecular flexibility index (Phi) is 5.43. The lowest BCUT2D eigenvalue weighted by Crippen LogP contribution is -2.29. The molecule has 1 amide bonds. The van der Waals surface area contributed by atoms with Gasteiger partial charge < -0.3 is 10.6 Å². The number of halogens is 4. The summed E-state index contributed by atoms with van der Waals surface area (Å²) in [6, 6.07) is 9.12. The van der Waals surface area contributed by atoms with E-state index in [2.05, 4.69) is 10.6 Å². The van der Waals surface area contributed by atoms with Crippen molar-refractivity contribution in [2.75, 3.05) is 11.9 Å². The fourth-order valence-corrected chi connectivity index (χ4v) is 2.07. The van der Waals surface area contributed by atoms with Gasteiger partial charge in [-0.3, -0.25) is 4.79 Å². The molecule has 2 aromatic carbocycles. The van der Waals surface area contributed by atoms with Crippen LogP contribution in [-0.4, -0.2) is 12.5 Å². The summed E-state index contributed by atoms with van der Waals surface area (Å²) in [6.07, 6.45) is -4.43. The zero-order chi connectivity index (χ0) is 17.7. The first-order valence-electron chi connectivity index (χ1n) is 7.18. The normalized spacial score (nSPS) is 11.2. The summed E-state index contributed by atoms with van der Waals surface area (Å²) in [5.41, 5.74) is 0.637. The molecule has 2 rings (SSSR count). The number of hydrogen-bond acceptors (Lipinski definition) is 2. The molecular formula is C17H16F4N2O. The van der Waals surface area contributed by atoms with E-state index >= 15 is 0 Å². The van der Waals surface area contributed by atoms with Crippen molar-refractivity contribution >= 4 is 11.6 Å². The van der Waals surface area contributed by atoms with Crippen LogP contribution in [0.15, 0.2) is 42.5 Å². The molecule has 0 saturated carbocycles. The molecule has 24 heavy (non-hydrogen) atoms. The van der Waals surface area contributed by atoms with Crippen LogP contribution in [0.3, 0.4) is 0 Å². The van der Waals surface area contributed by atoms with Crippen LogP contribution >= 0.6 is 0 Å². The predicted octanol–water partition coefficient (Wildman–Crippen LogP) is 3.88. The van der Waals surface area contributed by atoms with Crippen molar-refractivity contribution in [1.82, 2.24) is 5.32 Å². The maximum absolute atomic E-state index is 13.1. The Bertz CT molecular complexity index is 729. The topological polar surface area (TPSA) is 41.1 Å². The summed E-state index contributed by atoms with van der Waals surface area (Å²) in [7, 11) is 0. The Morgan fingerprint density at radius 2 is 1.88 bits per heavy atom. The minimum Gasteiger partial charge on any atom is -0.376 e. The Morgan fingerprint density at radius 3 is 2.54 bits per heavy atom. The Balaban J connectivity index is 1.86. The zero-order valence-electron chi connectivity index (χ0n) is 12.9. The van der Waals surface area contributed by atoms with Gasteiger partial charge in [0.1, 0.15) is 5.82 Å². The molecule has 0 aliphatic heterocycles. The van der Waals surface area contributed by atoms with E-state index in [9.17, 15) is 22.4 Å². The van der Waals surface area contributed by atoms with Gasteiger partial charge in [0.25, 0.3) is 0 Å². The number of alkyl halides is 3. The number of nitrogens with one attached hydrogen (secondary N) is 2. The van der Waals surface area contributed by atoms with Crippen molar-refractivity contribution in [2.24, 2.45) is 0 Å². The maximum atomic E-state index is 13.1. The van der Waals surface area contributed by atoms with E-state index in [4.69, 9.17) is 0 Å². The molecule has 2 aromatic rings. The van der Waals surface area contributed by atoms with Gasteiger partial charge in [-0.1, -0.05) is 18.2 Å². The van der Waals surface area contributed by atoms with Crippen LogP contribution in [0.2, 0.25) is 0 Å². The lowest BCUT2D eigenvalue weighted by atomic mass is 10.1. The van der Waals surface area contributed by atoms with E-state index < -0.39 is 11.7 Å². The summed E-state index contributed by atoms with van der Waals surface area (Å²) in [5.74, 6) is -0.703. The number of carbonyl (C=O) groups is 1. The molecule has 128 valence electrons. The molecule has 7 heteroatoms. The highest BCUT2D eigenvalue weighted by Gasteiger charge is 2.30. The SMILES string of the molecule is Cc1cc(CNC(=O)CNc2cccc(C(F)(F)F)c2)ccc1F. The van der Waals surface area contributed by atoms with Crippen LogP contribution in [0.5, 0.6) is 0 Å². The van der Waals surface area contributed by atoms with Crippen molar-refractivity contribution < 1.29 is 22.4 Å². The van der Waals surface area contributed by atoms with Crippen molar-refractivity contribution in [1.29, 1.82) is 0 Å². The van der Waals surface area contributed by atoms with Crippen molar-refractivity contribution in [3.63, 3.8) is 0 Å². The van der Waals surface area contributed by atoms with Crippen LogP contribution < -0.4 is 10.6 Å². The summed E-state index contributed by atoms with van der Waals surface area (Å²) in [5, 5.41) is 5.26. The van der Waals surface area contributed by atoms with Crippen LogP contribution in [0.1, 0.15) is 16.7 Å². The number of rotatable bonds is 5. The number of hydrogen-bond donors (Lipinski definition) is 2. The third-order valence-electron chi connectivity index (χ3n) is 3.36. The minimum absolute atomic E-state index is 0.165. The number of anilines is 1. The maximum Gasteiger partial charge on any atom is 0.416 e. The highest BCUT2D eigenvalue weighted by Crippen LogP contribution is 2.30. The molecule has 0 spiro atoms. The Morgan fingerprint density at radius 1 is 1.12 bits per heavy atom. The van der Waals surface area contributed by atoms with E-state index in [0.29, 0.717) is 5.56 Å². The van der Waals surface area contributed by atoms with Gasteiger partial charge in [-0.25, -0.2) is 4.39 Å². The van der Waals surface area contributed by atoms with Gasteiger partial charge in [-0.2, -0.15) is 13.2 Å². The summed E-state index contributed by atoms with van der Waals surface area (Å²) in [6.45, 7) is 1.67. The van der Waals surface area contributed by atoms with E-state index in [1.165, 1.54) is 18.2 Å². The largest absolute Gasteiger partial charge is 0.416 e. The third-order valence-corrected chi connectivity index (χ3v) is 3.36. The van der Waals surface area contributed by atoms with Crippen LogP contribution in [0, 0.1) is 12.7 Å². The van der Waals surface area contributed by atoms with Gasteiger partial charge in [0.15, 0.2) is 0 Å². The van der Waals surface area contributed by atoms with E-state index in [1.54, 1.807) is 19.1 Å². The highest BCUT2D eigenvalue weighted by atomic mass is 19.4. The molecule has 0 radical (unpaired) electrons. The number of amides is 1. The van der Waals surface area contributed by atoms with Crippen LogP contribution in [0.25, 0.3) is 0 Å². The van der Waals surface area contributed by atoms with E-state index in [-0.39, 0.29) is 30.5 Å². The smallest absolute Gasteiger partial charge is 0.376 e. The zero-order valence-corrected chi connectivity index (χ0v) is 12.9. The van der Waals surface area contributed by atoms with E-state index in [1.807, 2.05) is 0 Å². The second-order valence-corrected chi connectivity index (χ2v) is 5.29. The van der Waals surface area contributed by atoms with Gasteiger partial charge >= 0.3 is 6.18 Å². The van der Waals surface area contributed by atoms with Gasteiger partial charge in [0.2, 0.25) is 5.91 Å². The number of carbonyl (C=O) groups excluding carboxylic acids is 1. The Hall–Kier alpha value is -2.57. The first kappa shape index (κ1) is 17.8. The van der Waals surface area contributed by atoms with Crippen LogP contribution in [0.4, 0.5) is 23.2 Å². The third kappa shape index (κ3) is 4.97. The van der Waals surface area contributed by atoms with Crippen LogP contribution in [-0.2, 0) is 17.5 Å². The molecule has 0 heterocycles. The molecule has 0 aliphatic rings. The van der Waals surface area contributed by atoms with E-state index in [0.717, 1.165) is 17.7 Å². The lowest BCUT2D eigenvalue weighted by Gasteiger charge is -2.11. The summed E-state index contributed by atoms with van der Waals surface area (Å²) in [4.78, 5) is 11.8. The highest BCUT2D eigenvalue weighted by molar-refractivity contribution is 5.80. The van der Waals surface area contributed by atoms with Crippen molar-refractivity contribution in [3.8, 4) is 0 Å². The Labute approximate surface area is 136 Å². The van der Waals surface area contributed by atoms with Gasteiger partial charge in [0, 0.05) is 12.2 Å². The minimum atomic E-state index is -4.43. The molecule has 0 aromatic heterocycles.